The van der Waals surface area contributed by atoms with E-state index in [1.165, 1.54) is 11.8 Å². The summed E-state index contributed by atoms with van der Waals surface area (Å²) in [5.74, 6) is 2.97. The van der Waals surface area contributed by atoms with E-state index in [-0.39, 0.29) is 17.7 Å². The predicted molar refractivity (Wildman–Crippen MR) is 118 cm³/mol. The molecule has 0 saturated carbocycles. The minimum absolute atomic E-state index is 0.0384. The summed E-state index contributed by atoms with van der Waals surface area (Å²) in [5, 5.41) is 8.54. The van der Waals surface area contributed by atoms with Gasteiger partial charge in [0.2, 0.25) is 11.8 Å². The monoisotopic (exact) mass is 453 g/mol. The molecule has 0 aliphatic carbocycles. The third kappa shape index (κ3) is 4.25. The van der Waals surface area contributed by atoms with Gasteiger partial charge in [-0.25, -0.2) is 0 Å². The molecule has 2 aliphatic rings. The first-order valence-electron chi connectivity index (χ1n) is 10.5. The molecule has 0 unspecified atom stereocenters. The van der Waals surface area contributed by atoms with E-state index in [9.17, 15) is 4.79 Å². The largest absolute Gasteiger partial charge is 0.497 e. The minimum atomic E-state index is 0.0384. The molecule has 1 atom stereocenters. The van der Waals surface area contributed by atoms with Crippen molar-refractivity contribution in [1.29, 1.82) is 0 Å². The molecule has 1 fully saturated rings. The van der Waals surface area contributed by atoms with Gasteiger partial charge in [0.25, 0.3) is 5.22 Å². The lowest BCUT2D eigenvalue weighted by atomic mass is 10.0. The summed E-state index contributed by atoms with van der Waals surface area (Å²) in [6, 6.07) is 13.4. The van der Waals surface area contributed by atoms with Crippen molar-refractivity contribution in [2.45, 2.75) is 24.1 Å². The van der Waals surface area contributed by atoms with Crippen LogP contribution < -0.4 is 14.2 Å². The van der Waals surface area contributed by atoms with Gasteiger partial charge in [-0.1, -0.05) is 17.8 Å². The fourth-order valence-corrected chi connectivity index (χ4v) is 4.65. The number of likely N-dealkylation sites (tertiary alicyclic amines) is 1. The second kappa shape index (κ2) is 9.12. The first-order valence-corrected chi connectivity index (χ1v) is 11.5. The van der Waals surface area contributed by atoms with E-state index in [0.717, 1.165) is 47.8 Å². The van der Waals surface area contributed by atoms with E-state index < -0.39 is 0 Å². The Labute approximate surface area is 189 Å². The maximum Gasteiger partial charge on any atom is 0.277 e. The highest BCUT2D eigenvalue weighted by Gasteiger charge is 2.31. The van der Waals surface area contributed by atoms with E-state index in [2.05, 4.69) is 10.2 Å². The van der Waals surface area contributed by atoms with Gasteiger partial charge in [-0.05, 0) is 54.8 Å². The first kappa shape index (κ1) is 20.7. The van der Waals surface area contributed by atoms with Gasteiger partial charge in [-0.15, -0.1) is 10.2 Å². The van der Waals surface area contributed by atoms with E-state index in [0.29, 0.717) is 24.3 Å². The van der Waals surface area contributed by atoms with Crippen molar-refractivity contribution in [3.8, 4) is 28.7 Å². The molecular weight excluding hydrogens is 430 g/mol. The molecule has 0 radical (unpaired) electrons. The number of ether oxygens (including phenoxy) is 3. The molecule has 32 heavy (non-hydrogen) atoms. The molecule has 1 amide bonds. The van der Waals surface area contributed by atoms with Crippen molar-refractivity contribution in [3.63, 3.8) is 0 Å². The van der Waals surface area contributed by atoms with Gasteiger partial charge in [-0.3, -0.25) is 4.79 Å². The molecular formula is C23H23N3O5S. The van der Waals surface area contributed by atoms with Crippen molar-refractivity contribution >= 4 is 17.7 Å². The molecule has 5 rings (SSSR count). The quantitative estimate of drug-likeness (QED) is 0.518. The normalized spacial score (nSPS) is 17.4. The second-order valence-electron chi connectivity index (χ2n) is 7.54. The molecule has 166 valence electrons. The summed E-state index contributed by atoms with van der Waals surface area (Å²) >= 11 is 1.26. The van der Waals surface area contributed by atoms with E-state index in [1.807, 2.05) is 47.4 Å². The van der Waals surface area contributed by atoms with Gasteiger partial charge in [0.1, 0.15) is 19.0 Å². The van der Waals surface area contributed by atoms with Crippen LogP contribution in [0.2, 0.25) is 0 Å². The van der Waals surface area contributed by atoms with Crippen molar-refractivity contribution in [1.82, 2.24) is 15.1 Å². The van der Waals surface area contributed by atoms with E-state index >= 15 is 0 Å². The molecule has 1 aromatic heterocycles. The average Bonchev–Trinajstić information content (AvgIpc) is 3.52. The van der Waals surface area contributed by atoms with Gasteiger partial charge in [0.05, 0.1) is 18.9 Å². The van der Waals surface area contributed by atoms with Crippen LogP contribution >= 0.6 is 11.8 Å². The number of methoxy groups -OCH3 is 1. The maximum absolute atomic E-state index is 13.0. The third-order valence-electron chi connectivity index (χ3n) is 5.59. The number of aromatic nitrogens is 2. The standard InChI is InChI=1S/C23H23N3O5S/c1-28-17-7-4-15(5-8-17)22-24-25-23(31-22)32-14-21(27)26-10-2-3-18(26)16-6-9-19-20(13-16)30-12-11-29-19/h4-9,13,18H,2-3,10-12,14H2,1H3/t18-/m0/s1. The number of thioether (sulfide) groups is 1. The maximum atomic E-state index is 13.0. The lowest BCUT2D eigenvalue weighted by molar-refractivity contribution is -0.129. The zero-order valence-corrected chi connectivity index (χ0v) is 18.5. The van der Waals surface area contributed by atoms with Crippen molar-refractivity contribution in [2.24, 2.45) is 0 Å². The SMILES string of the molecule is COc1ccc(-c2nnc(SCC(=O)N3CCC[C@H]3c3ccc4c(c3)OCCO4)o2)cc1. The Morgan fingerprint density at radius 3 is 2.75 bits per heavy atom. The fourth-order valence-electron chi connectivity index (χ4n) is 4.00. The number of nitrogens with zero attached hydrogens (tertiary/aromatic N) is 3. The summed E-state index contributed by atoms with van der Waals surface area (Å²) < 4.78 is 22.2. The average molecular weight is 454 g/mol. The molecule has 3 heterocycles. The van der Waals surface area contributed by atoms with Crippen molar-refractivity contribution in [2.75, 3.05) is 32.6 Å². The lowest BCUT2D eigenvalue weighted by Crippen LogP contribution is -2.32. The van der Waals surface area contributed by atoms with Crippen LogP contribution in [0.4, 0.5) is 0 Å². The number of carbonyl (C=O) groups is 1. The van der Waals surface area contributed by atoms with Crippen molar-refractivity contribution in [3.05, 3.63) is 48.0 Å². The van der Waals surface area contributed by atoms with E-state index in [4.69, 9.17) is 18.6 Å². The summed E-state index contributed by atoms with van der Waals surface area (Å²) in [6.45, 7) is 1.84. The third-order valence-corrected chi connectivity index (χ3v) is 6.39. The summed E-state index contributed by atoms with van der Waals surface area (Å²) in [5.41, 5.74) is 1.87. The van der Waals surface area contributed by atoms with Gasteiger partial charge < -0.3 is 23.5 Å². The number of amides is 1. The summed E-state index contributed by atoms with van der Waals surface area (Å²) in [7, 11) is 1.62. The van der Waals surface area contributed by atoms with Gasteiger partial charge in [-0.2, -0.15) is 0 Å². The molecule has 9 heteroatoms. The molecule has 8 nitrogen and oxygen atoms in total. The highest BCUT2D eigenvalue weighted by atomic mass is 32.2. The van der Waals surface area contributed by atoms with Gasteiger partial charge in [0, 0.05) is 12.1 Å². The summed E-state index contributed by atoms with van der Waals surface area (Å²) in [4.78, 5) is 14.9. The van der Waals surface area contributed by atoms with Crippen LogP contribution in [0.3, 0.4) is 0 Å². The number of carbonyl (C=O) groups excluding carboxylic acids is 1. The highest BCUT2D eigenvalue weighted by molar-refractivity contribution is 7.99. The first-order chi connectivity index (χ1) is 15.7. The van der Waals surface area contributed by atoms with Crippen LogP contribution in [-0.4, -0.2) is 53.6 Å². The highest BCUT2D eigenvalue weighted by Crippen LogP contribution is 2.38. The van der Waals surface area contributed by atoms with E-state index in [1.54, 1.807) is 7.11 Å². The van der Waals surface area contributed by atoms with Crippen LogP contribution in [0.5, 0.6) is 17.2 Å². The topological polar surface area (TPSA) is 86.9 Å². The number of fused-ring (bicyclic) bond motifs is 1. The second-order valence-corrected chi connectivity index (χ2v) is 8.47. The Morgan fingerprint density at radius 1 is 1.12 bits per heavy atom. The van der Waals surface area contributed by atoms with Gasteiger partial charge >= 0.3 is 0 Å². The Kier molecular flexibility index (Phi) is 5.89. The molecule has 2 aromatic carbocycles. The predicted octanol–water partition coefficient (Wildman–Crippen LogP) is 3.97. The van der Waals surface area contributed by atoms with Crippen LogP contribution in [-0.2, 0) is 4.79 Å². The Morgan fingerprint density at radius 2 is 1.94 bits per heavy atom. The zero-order valence-electron chi connectivity index (χ0n) is 17.7. The molecule has 0 N–H and O–H groups in total. The Bertz CT molecular complexity index is 1100. The van der Waals surface area contributed by atoms with Crippen LogP contribution in [0.1, 0.15) is 24.4 Å². The number of benzene rings is 2. The van der Waals surface area contributed by atoms with Crippen LogP contribution in [0, 0.1) is 0 Å². The van der Waals surface area contributed by atoms with Crippen LogP contribution in [0.25, 0.3) is 11.5 Å². The molecule has 1 saturated heterocycles. The lowest BCUT2D eigenvalue weighted by Gasteiger charge is -2.26. The smallest absolute Gasteiger partial charge is 0.277 e. The minimum Gasteiger partial charge on any atom is -0.497 e. The summed E-state index contributed by atoms with van der Waals surface area (Å²) in [6.07, 6.45) is 1.90. The molecule has 0 spiro atoms. The Balaban J connectivity index is 1.22. The Hall–Kier alpha value is -3.20. The number of hydrogen-bond donors (Lipinski definition) is 0. The number of hydrogen-bond acceptors (Lipinski definition) is 8. The fraction of sp³-hybridized carbons (Fsp3) is 0.348. The van der Waals surface area contributed by atoms with Gasteiger partial charge in [0.15, 0.2) is 11.5 Å². The zero-order chi connectivity index (χ0) is 21.9. The van der Waals surface area contributed by atoms with Crippen LogP contribution in [0.15, 0.2) is 52.1 Å². The molecule has 3 aromatic rings. The molecule has 0 bridgehead atoms. The van der Waals surface area contributed by atoms with Crippen molar-refractivity contribution < 1.29 is 23.4 Å². The molecule has 2 aliphatic heterocycles. The number of rotatable bonds is 6.